The van der Waals surface area contributed by atoms with Gasteiger partial charge in [-0.25, -0.2) is 9.97 Å². The molecule has 0 aromatic carbocycles. The molecule has 0 aliphatic carbocycles. The highest BCUT2D eigenvalue weighted by atomic mass is 35.5. The van der Waals surface area contributed by atoms with E-state index in [0.717, 1.165) is 18.3 Å². The summed E-state index contributed by atoms with van der Waals surface area (Å²) in [6, 6.07) is 7.04. The van der Waals surface area contributed by atoms with Crippen molar-refractivity contribution in [1.29, 1.82) is 5.41 Å². The minimum absolute atomic E-state index is 0.0646. The third-order valence-corrected chi connectivity index (χ3v) is 4.38. The van der Waals surface area contributed by atoms with Gasteiger partial charge in [0.25, 0.3) is 5.91 Å². The lowest BCUT2D eigenvalue weighted by Crippen LogP contribution is -2.41. The van der Waals surface area contributed by atoms with Crippen molar-refractivity contribution in [1.82, 2.24) is 14.9 Å². The number of rotatable bonds is 9. The first-order valence-corrected chi connectivity index (χ1v) is 9.22. The number of aryl methyl sites for hydroxylation is 1. The van der Waals surface area contributed by atoms with E-state index in [0.29, 0.717) is 23.1 Å². The van der Waals surface area contributed by atoms with Gasteiger partial charge in [0.15, 0.2) is 5.69 Å². The number of nitrogens with one attached hydrogen (secondary N) is 3. The van der Waals surface area contributed by atoms with Gasteiger partial charge in [0.2, 0.25) is 0 Å². The Morgan fingerprint density at radius 2 is 2.18 bits per heavy atom. The van der Waals surface area contributed by atoms with Gasteiger partial charge < -0.3 is 15.6 Å². The number of hydrazone groups is 1. The van der Waals surface area contributed by atoms with Gasteiger partial charge in [0.1, 0.15) is 5.82 Å². The third-order valence-electron chi connectivity index (χ3n) is 4.16. The zero-order valence-corrected chi connectivity index (χ0v) is 16.9. The van der Waals surface area contributed by atoms with Gasteiger partial charge in [-0.2, -0.15) is 5.10 Å². The Morgan fingerprint density at radius 1 is 1.39 bits per heavy atom. The number of carbonyl (C=O) groups excluding carboxylic acids is 1. The summed E-state index contributed by atoms with van der Waals surface area (Å²) in [5.74, 6) is 0.481. The van der Waals surface area contributed by atoms with Crippen LogP contribution >= 0.6 is 11.6 Å². The van der Waals surface area contributed by atoms with E-state index in [2.05, 4.69) is 25.8 Å². The van der Waals surface area contributed by atoms with E-state index in [9.17, 15) is 4.79 Å². The van der Waals surface area contributed by atoms with Crippen molar-refractivity contribution >= 4 is 41.4 Å². The number of hydrogen-bond acceptors (Lipinski definition) is 7. The second-order valence-electron chi connectivity index (χ2n) is 6.13. The average Bonchev–Trinajstić information content (AvgIpc) is 2.70. The molecule has 2 rings (SSSR count). The summed E-state index contributed by atoms with van der Waals surface area (Å²) < 4.78 is 0. The van der Waals surface area contributed by atoms with Crippen molar-refractivity contribution in [3.63, 3.8) is 0 Å². The van der Waals surface area contributed by atoms with Gasteiger partial charge in [0, 0.05) is 37.7 Å². The Bertz CT molecular complexity index is 839. The zero-order chi connectivity index (χ0) is 20.5. The van der Waals surface area contributed by atoms with Crippen molar-refractivity contribution in [2.24, 2.45) is 5.10 Å². The van der Waals surface area contributed by atoms with Crippen LogP contribution < -0.4 is 10.7 Å². The summed E-state index contributed by atoms with van der Waals surface area (Å²) >= 11 is 5.86. The molecule has 0 saturated carbocycles. The number of carbonyl (C=O) groups is 1. The molecule has 0 saturated heterocycles. The van der Waals surface area contributed by atoms with Crippen LogP contribution in [-0.2, 0) is 0 Å². The molecule has 0 radical (unpaired) electrons. The van der Waals surface area contributed by atoms with E-state index in [1.165, 1.54) is 6.21 Å². The number of amides is 1. The van der Waals surface area contributed by atoms with Crippen LogP contribution in [0.3, 0.4) is 0 Å². The normalized spacial score (nSPS) is 11.9. The zero-order valence-electron chi connectivity index (χ0n) is 16.1. The summed E-state index contributed by atoms with van der Waals surface area (Å²) in [6.07, 6.45) is 4.66. The van der Waals surface area contributed by atoms with Gasteiger partial charge in [-0.3, -0.25) is 10.2 Å². The van der Waals surface area contributed by atoms with E-state index >= 15 is 0 Å². The van der Waals surface area contributed by atoms with Crippen LogP contribution in [0.15, 0.2) is 35.6 Å². The predicted molar refractivity (Wildman–Crippen MR) is 114 cm³/mol. The molecule has 2 heterocycles. The fraction of sp³-hybridized carbons (Fsp3) is 0.316. The summed E-state index contributed by atoms with van der Waals surface area (Å²) in [7, 11) is 1.75. The lowest BCUT2D eigenvalue weighted by atomic mass is 10.1. The monoisotopic (exact) mass is 401 g/mol. The second-order valence-corrected chi connectivity index (χ2v) is 6.56. The first kappa shape index (κ1) is 21.3. The molecule has 2 aromatic rings. The van der Waals surface area contributed by atoms with E-state index in [1.807, 2.05) is 13.8 Å². The Hall–Kier alpha value is -3.00. The van der Waals surface area contributed by atoms with Crippen molar-refractivity contribution in [3.05, 3.63) is 46.9 Å². The third kappa shape index (κ3) is 5.75. The number of pyridine rings is 2. The van der Waals surface area contributed by atoms with E-state index in [-0.39, 0.29) is 17.6 Å². The molecule has 28 heavy (non-hydrogen) atoms. The first-order chi connectivity index (χ1) is 13.5. The smallest absolute Gasteiger partial charge is 0.274 e. The number of anilines is 2. The van der Waals surface area contributed by atoms with Gasteiger partial charge in [-0.05, 0) is 37.6 Å². The predicted octanol–water partition coefficient (Wildman–Crippen LogP) is 3.45. The molecule has 0 fully saturated rings. The fourth-order valence-corrected chi connectivity index (χ4v) is 2.66. The lowest BCUT2D eigenvalue weighted by Gasteiger charge is -2.28. The van der Waals surface area contributed by atoms with Crippen LogP contribution in [0.5, 0.6) is 0 Å². The molecule has 1 unspecified atom stereocenters. The SMILES string of the molecule is CCC(CNc1ccc(Cl)cn1)N(C)C(=O)c1nc(C)ccc1N/N=C\C=N. The molecule has 1 atom stereocenters. The average molecular weight is 402 g/mol. The van der Waals surface area contributed by atoms with Gasteiger partial charge in [-0.15, -0.1) is 0 Å². The lowest BCUT2D eigenvalue weighted by molar-refractivity contribution is 0.0731. The fourth-order valence-electron chi connectivity index (χ4n) is 2.54. The van der Waals surface area contributed by atoms with Crippen molar-refractivity contribution in [2.45, 2.75) is 26.3 Å². The molecule has 1 amide bonds. The van der Waals surface area contributed by atoms with Crippen molar-refractivity contribution < 1.29 is 4.79 Å². The van der Waals surface area contributed by atoms with E-state index in [1.54, 1.807) is 42.4 Å². The quantitative estimate of drug-likeness (QED) is 0.440. The Kier molecular flexibility index (Phi) is 7.88. The van der Waals surface area contributed by atoms with Crippen LogP contribution in [-0.4, -0.2) is 52.8 Å². The highest BCUT2D eigenvalue weighted by Gasteiger charge is 2.23. The molecule has 148 valence electrons. The molecule has 2 aromatic heterocycles. The van der Waals surface area contributed by atoms with Crippen molar-refractivity contribution in [2.75, 3.05) is 24.3 Å². The van der Waals surface area contributed by atoms with Gasteiger partial charge >= 0.3 is 0 Å². The molecular formula is C19H24ClN7O. The van der Waals surface area contributed by atoms with Crippen LogP contribution in [0.25, 0.3) is 0 Å². The maximum absolute atomic E-state index is 13.1. The molecule has 9 heteroatoms. The molecule has 0 aliphatic rings. The topological polar surface area (TPSA) is 106 Å². The molecule has 3 N–H and O–H groups in total. The second kappa shape index (κ2) is 10.4. The van der Waals surface area contributed by atoms with Crippen LogP contribution in [0.4, 0.5) is 11.5 Å². The van der Waals surface area contributed by atoms with Crippen LogP contribution in [0, 0.1) is 12.3 Å². The minimum atomic E-state index is -0.214. The largest absolute Gasteiger partial charge is 0.368 e. The number of likely N-dealkylation sites (N-methyl/N-ethyl adjacent to an activating group) is 1. The molecule has 0 bridgehead atoms. The highest BCUT2D eigenvalue weighted by molar-refractivity contribution is 6.30. The molecule has 8 nitrogen and oxygen atoms in total. The summed E-state index contributed by atoms with van der Waals surface area (Å²) in [6.45, 7) is 4.38. The molecule has 0 aliphatic heterocycles. The maximum Gasteiger partial charge on any atom is 0.274 e. The number of aromatic nitrogens is 2. The van der Waals surface area contributed by atoms with Gasteiger partial charge in [0.05, 0.1) is 16.9 Å². The Labute approximate surface area is 169 Å². The van der Waals surface area contributed by atoms with Gasteiger partial charge in [-0.1, -0.05) is 18.5 Å². The summed E-state index contributed by atoms with van der Waals surface area (Å²) in [5, 5.41) is 14.7. The molecular weight excluding hydrogens is 378 g/mol. The summed E-state index contributed by atoms with van der Waals surface area (Å²) in [4.78, 5) is 23.3. The van der Waals surface area contributed by atoms with E-state index in [4.69, 9.17) is 17.0 Å². The van der Waals surface area contributed by atoms with Crippen molar-refractivity contribution in [3.8, 4) is 0 Å². The van der Waals surface area contributed by atoms with Crippen LogP contribution in [0.2, 0.25) is 5.02 Å². The van der Waals surface area contributed by atoms with E-state index < -0.39 is 0 Å². The highest BCUT2D eigenvalue weighted by Crippen LogP contribution is 2.18. The number of nitrogens with zero attached hydrogens (tertiary/aromatic N) is 4. The maximum atomic E-state index is 13.1. The number of halogens is 1. The Morgan fingerprint density at radius 3 is 2.82 bits per heavy atom. The standard InChI is InChI=1S/C19H24ClN7O/c1-4-15(12-23-17-8-6-14(20)11-22-17)27(3)19(28)18-16(26-24-10-9-21)7-5-13(2)25-18/h5-11,15,21,26H,4,12H2,1-3H3,(H,22,23)/b21-9?,24-10-. The molecule has 0 spiro atoms. The van der Waals surface area contributed by atoms with Crippen LogP contribution in [0.1, 0.15) is 29.5 Å². The first-order valence-electron chi connectivity index (χ1n) is 8.84. The number of hydrogen-bond donors (Lipinski definition) is 3. The Balaban J connectivity index is 2.14. The summed E-state index contributed by atoms with van der Waals surface area (Å²) in [5.41, 5.74) is 4.27. The minimum Gasteiger partial charge on any atom is -0.368 e.